The van der Waals surface area contributed by atoms with E-state index >= 15 is 0 Å². The number of carbonyl (C=O) groups excluding carboxylic acids is 1. The number of halogens is 1. The summed E-state index contributed by atoms with van der Waals surface area (Å²) in [5, 5.41) is 3.15. The van der Waals surface area contributed by atoms with Crippen LogP contribution in [0.5, 0.6) is 0 Å². The number of anilines is 3. The Labute approximate surface area is 108 Å². The Kier molecular flexibility index (Phi) is 3.29. The van der Waals surface area contributed by atoms with Crippen LogP contribution in [-0.2, 0) is 0 Å². The smallest absolute Gasteiger partial charge is 0.248 e. The molecule has 0 atom stereocenters. The van der Waals surface area contributed by atoms with E-state index in [1.54, 1.807) is 24.3 Å². The van der Waals surface area contributed by atoms with Crippen LogP contribution in [0, 0.1) is 0 Å². The van der Waals surface area contributed by atoms with Gasteiger partial charge in [0.25, 0.3) is 0 Å². The van der Waals surface area contributed by atoms with Crippen LogP contribution >= 0.6 is 11.6 Å². The van der Waals surface area contributed by atoms with E-state index in [0.717, 1.165) is 0 Å². The highest BCUT2D eigenvalue weighted by Crippen LogP contribution is 2.25. The lowest BCUT2D eigenvalue weighted by atomic mass is 10.2. The molecule has 0 spiro atoms. The van der Waals surface area contributed by atoms with Gasteiger partial charge in [-0.05, 0) is 24.3 Å². The van der Waals surface area contributed by atoms with Gasteiger partial charge in [-0.15, -0.1) is 0 Å². The number of nitrogen functional groups attached to an aromatic ring is 1. The summed E-state index contributed by atoms with van der Waals surface area (Å²) in [6.07, 6.45) is 1.30. The molecule has 0 aliphatic heterocycles. The van der Waals surface area contributed by atoms with Gasteiger partial charge in [0.15, 0.2) is 11.0 Å². The molecule has 0 radical (unpaired) electrons. The van der Waals surface area contributed by atoms with Crippen LogP contribution in [0.1, 0.15) is 10.4 Å². The summed E-state index contributed by atoms with van der Waals surface area (Å²) in [5.41, 5.74) is 12.3. The van der Waals surface area contributed by atoms with E-state index in [9.17, 15) is 4.79 Å². The first kappa shape index (κ1) is 12.1. The first-order valence-electron chi connectivity index (χ1n) is 5.01. The lowest BCUT2D eigenvalue weighted by Crippen LogP contribution is -2.10. The molecular weight excluding hydrogens is 254 g/mol. The number of aromatic nitrogens is 2. The van der Waals surface area contributed by atoms with Crippen molar-refractivity contribution in [2.75, 3.05) is 11.1 Å². The summed E-state index contributed by atoms with van der Waals surface area (Å²) in [7, 11) is 0. The standard InChI is InChI=1S/C11H10ClN5O/c12-9-8(13)11(16-5-15-9)17-7-3-1-6(2-4-7)10(14)18/h1-5H,13H2,(H2,14,18)(H,15,16,17). The van der Waals surface area contributed by atoms with Crippen LogP contribution in [0.25, 0.3) is 0 Å². The summed E-state index contributed by atoms with van der Waals surface area (Å²) in [6, 6.07) is 6.58. The van der Waals surface area contributed by atoms with Crippen LogP contribution in [-0.4, -0.2) is 15.9 Å². The van der Waals surface area contributed by atoms with Gasteiger partial charge in [0.1, 0.15) is 12.0 Å². The largest absolute Gasteiger partial charge is 0.393 e. The van der Waals surface area contributed by atoms with E-state index in [-0.39, 0.29) is 10.8 Å². The Balaban J connectivity index is 2.24. The van der Waals surface area contributed by atoms with E-state index < -0.39 is 5.91 Å². The molecule has 1 aromatic carbocycles. The van der Waals surface area contributed by atoms with Crippen LogP contribution in [0.2, 0.25) is 5.15 Å². The van der Waals surface area contributed by atoms with Gasteiger partial charge in [-0.1, -0.05) is 11.6 Å². The first-order valence-corrected chi connectivity index (χ1v) is 5.38. The quantitative estimate of drug-likeness (QED) is 0.729. The number of hydrogen-bond acceptors (Lipinski definition) is 5. The third-order valence-corrected chi connectivity index (χ3v) is 2.57. The highest BCUT2D eigenvalue weighted by Gasteiger charge is 2.06. The van der Waals surface area contributed by atoms with Gasteiger partial charge in [0.2, 0.25) is 5.91 Å². The van der Waals surface area contributed by atoms with Crippen molar-refractivity contribution in [3.8, 4) is 0 Å². The zero-order valence-corrected chi connectivity index (χ0v) is 9.98. The SMILES string of the molecule is NC(=O)c1ccc(Nc2ncnc(Cl)c2N)cc1. The number of carbonyl (C=O) groups is 1. The number of primary amides is 1. The van der Waals surface area contributed by atoms with Crippen LogP contribution in [0.4, 0.5) is 17.2 Å². The minimum absolute atomic E-state index is 0.182. The predicted molar refractivity (Wildman–Crippen MR) is 69.7 cm³/mol. The number of nitrogens with two attached hydrogens (primary N) is 2. The van der Waals surface area contributed by atoms with Crippen molar-refractivity contribution in [3.05, 3.63) is 41.3 Å². The van der Waals surface area contributed by atoms with Crippen molar-refractivity contribution < 1.29 is 4.79 Å². The van der Waals surface area contributed by atoms with Gasteiger partial charge in [-0.2, -0.15) is 0 Å². The van der Waals surface area contributed by atoms with Gasteiger partial charge < -0.3 is 16.8 Å². The highest BCUT2D eigenvalue weighted by molar-refractivity contribution is 6.32. The van der Waals surface area contributed by atoms with Crippen LogP contribution < -0.4 is 16.8 Å². The van der Waals surface area contributed by atoms with E-state index in [1.165, 1.54) is 6.33 Å². The normalized spacial score (nSPS) is 10.1. The average Bonchev–Trinajstić information content (AvgIpc) is 2.36. The molecule has 0 aliphatic carbocycles. The van der Waals surface area contributed by atoms with Gasteiger partial charge in [-0.25, -0.2) is 9.97 Å². The molecule has 1 aromatic heterocycles. The minimum Gasteiger partial charge on any atom is -0.393 e. The molecule has 7 heteroatoms. The summed E-state index contributed by atoms with van der Waals surface area (Å²) < 4.78 is 0. The Hall–Kier alpha value is -2.34. The molecule has 18 heavy (non-hydrogen) atoms. The molecule has 0 fully saturated rings. The fourth-order valence-corrected chi connectivity index (χ4v) is 1.46. The molecule has 0 aliphatic rings. The maximum Gasteiger partial charge on any atom is 0.248 e. The number of hydrogen-bond donors (Lipinski definition) is 3. The second kappa shape index (κ2) is 4.89. The van der Waals surface area contributed by atoms with Gasteiger partial charge in [0, 0.05) is 11.3 Å². The van der Waals surface area contributed by atoms with Crippen molar-refractivity contribution >= 4 is 34.7 Å². The Morgan fingerprint density at radius 1 is 1.22 bits per heavy atom. The summed E-state index contributed by atoms with van der Waals surface area (Å²) >= 11 is 5.77. The van der Waals surface area contributed by atoms with Gasteiger partial charge >= 0.3 is 0 Å². The molecule has 0 saturated carbocycles. The molecule has 0 saturated heterocycles. The molecule has 0 bridgehead atoms. The van der Waals surface area contributed by atoms with Gasteiger partial charge in [-0.3, -0.25) is 4.79 Å². The van der Waals surface area contributed by atoms with Crippen LogP contribution in [0.3, 0.4) is 0 Å². The third kappa shape index (κ3) is 2.49. The van der Waals surface area contributed by atoms with Crippen molar-refractivity contribution in [1.29, 1.82) is 0 Å². The molecular formula is C11H10ClN5O. The average molecular weight is 264 g/mol. The monoisotopic (exact) mass is 263 g/mol. The lowest BCUT2D eigenvalue weighted by Gasteiger charge is -2.08. The van der Waals surface area contributed by atoms with Crippen LogP contribution in [0.15, 0.2) is 30.6 Å². The molecule has 5 N–H and O–H groups in total. The molecule has 6 nitrogen and oxygen atoms in total. The van der Waals surface area contributed by atoms with E-state index in [0.29, 0.717) is 17.1 Å². The Morgan fingerprint density at radius 3 is 2.50 bits per heavy atom. The molecule has 1 heterocycles. The zero-order valence-electron chi connectivity index (χ0n) is 9.22. The number of amides is 1. The number of benzene rings is 1. The zero-order chi connectivity index (χ0) is 13.1. The Morgan fingerprint density at radius 2 is 1.89 bits per heavy atom. The molecule has 1 amide bonds. The summed E-state index contributed by atoms with van der Waals surface area (Å²) in [6.45, 7) is 0. The van der Waals surface area contributed by atoms with E-state index in [2.05, 4.69) is 15.3 Å². The predicted octanol–water partition coefficient (Wildman–Crippen LogP) is 1.55. The second-order valence-electron chi connectivity index (χ2n) is 3.49. The number of nitrogens with zero attached hydrogens (tertiary/aromatic N) is 2. The molecule has 0 unspecified atom stereocenters. The van der Waals surface area contributed by atoms with Gasteiger partial charge in [0.05, 0.1) is 0 Å². The van der Waals surface area contributed by atoms with E-state index in [1.807, 2.05) is 0 Å². The fraction of sp³-hybridized carbons (Fsp3) is 0. The first-order chi connectivity index (χ1) is 8.58. The topological polar surface area (TPSA) is 107 Å². The lowest BCUT2D eigenvalue weighted by molar-refractivity contribution is 0.100. The van der Waals surface area contributed by atoms with Crippen molar-refractivity contribution in [2.24, 2.45) is 5.73 Å². The third-order valence-electron chi connectivity index (χ3n) is 2.27. The molecule has 2 aromatic rings. The van der Waals surface area contributed by atoms with Crippen molar-refractivity contribution in [1.82, 2.24) is 9.97 Å². The number of rotatable bonds is 3. The number of nitrogens with one attached hydrogen (secondary N) is 1. The minimum atomic E-state index is -0.480. The van der Waals surface area contributed by atoms with E-state index in [4.69, 9.17) is 23.1 Å². The summed E-state index contributed by atoms with van der Waals surface area (Å²) in [5.74, 6) is -0.0760. The fourth-order valence-electron chi connectivity index (χ4n) is 1.33. The maximum atomic E-state index is 10.9. The van der Waals surface area contributed by atoms with Crippen molar-refractivity contribution in [3.63, 3.8) is 0 Å². The maximum absolute atomic E-state index is 10.9. The Bertz CT molecular complexity index is 584. The summed E-state index contributed by atoms with van der Waals surface area (Å²) in [4.78, 5) is 18.6. The molecule has 2 rings (SSSR count). The van der Waals surface area contributed by atoms with Crippen molar-refractivity contribution in [2.45, 2.75) is 0 Å². The molecule has 92 valence electrons. The highest BCUT2D eigenvalue weighted by atomic mass is 35.5. The second-order valence-corrected chi connectivity index (χ2v) is 3.85.